The van der Waals surface area contributed by atoms with Crippen molar-refractivity contribution in [1.29, 1.82) is 0 Å². The number of carbonyl (C=O) groups excluding carboxylic acids is 5. The molecule has 2 aliphatic heterocycles. The Labute approximate surface area is 220 Å². The number of ketones is 1. The van der Waals surface area contributed by atoms with Gasteiger partial charge in [-0.3, -0.25) is 28.9 Å². The zero-order valence-electron chi connectivity index (χ0n) is 22.3. The van der Waals surface area contributed by atoms with Gasteiger partial charge in [0.05, 0.1) is 13.2 Å². The number of hydrogen-bond donors (Lipinski definition) is 4. The first-order valence-corrected chi connectivity index (χ1v) is 12.1. The molecule has 206 valence electrons. The van der Waals surface area contributed by atoms with Crippen molar-refractivity contribution >= 4 is 35.2 Å². The summed E-state index contributed by atoms with van der Waals surface area (Å²) in [6.07, 6.45) is -0.351. The molecule has 0 saturated carbocycles. The summed E-state index contributed by atoms with van der Waals surface area (Å²) in [5.41, 5.74) is -3.69. The van der Waals surface area contributed by atoms with Crippen LogP contribution in [-0.4, -0.2) is 91.5 Å². The van der Waals surface area contributed by atoms with Crippen molar-refractivity contribution < 1.29 is 38.6 Å². The summed E-state index contributed by atoms with van der Waals surface area (Å²) in [7, 11) is 5.22. The quantitative estimate of drug-likeness (QED) is 0.189. The van der Waals surface area contributed by atoms with Crippen LogP contribution < -0.4 is 16.0 Å². The van der Waals surface area contributed by atoms with Crippen molar-refractivity contribution in [3.63, 3.8) is 0 Å². The number of para-hydroxylation sites is 1. The summed E-state index contributed by atoms with van der Waals surface area (Å²) in [6, 6.07) is 3.87. The normalized spacial score (nSPS) is 26.8. The molecule has 1 aromatic rings. The van der Waals surface area contributed by atoms with Gasteiger partial charge in [-0.15, -0.1) is 0 Å². The van der Waals surface area contributed by atoms with Crippen LogP contribution in [0, 0.1) is 0 Å². The number of ether oxygens (including phenoxy) is 2. The lowest BCUT2D eigenvalue weighted by Gasteiger charge is -2.47. The molecule has 0 spiro atoms. The molecule has 2 heterocycles. The Hall–Kier alpha value is -3.61. The van der Waals surface area contributed by atoms with Crippen LogP contribution in [0.25, 0.3) is 0 Å². The summed E-state index contributed by atoms with van der Waals surface area (Å²) in [5.74, 6) is -3.64. The number of rotatable bonds is 9. The number of aliphatic hydroxyl groups is 1. The average molecular weight is 531 g/mol. The van der Waals surface area contributed by atoms with Crippen LogP contribution in [0.15, 0.2) is 35.9 Å². The zero-order valence-corrected chi connectivity index (χ0v) is 22.3. The number of likely N-dealkylation sites (tertiary alicyclic amines) is 1. The number of carbonyl (C=O) groups is 5. The molecule has 1 saturated heterocycles. The van der Waals surface area contributed by atoms with E-state index in [1.165, 1.54) is 45.4 Å². The fourth-order valence-electron chi connectivity index (χ4n) is 5.43. The van der Waals surface area contributed by atoms with Gasteiger partial charge in [0, 0.05) is 31.8 Å². The number of nitrogens with one attached hydrogen (secondary N) is 3. The lowest BCUT2D eigenvalue weighted by atomic mass is 9.69. The molecule has 5 unspecified atom stereocenters. The van der Waals surface area contributed by atoms with Crippen molar-refractivity contribution in [3.05, 3.63) is 41.5 Å². The van der Waals surface area contributed by atoms with Crippen LogP contribution in [-0.2, 0) is 39.0 Å². The largest absolute Gasteiger partial charge is 0.469 e. The van der Waals surface area contributed by atoms with E-state index in [9.17, 15) is 29.1 Å². The number of methoxy groups -OCH3 is 2. The number of nitrogens with zero attached hydrogens (tertiary/aromatic N) is 1. The first-order valence-electron chi connectivity index (χ1n) is 12.1. The van der Waals surface area contributed by atoms with Gasteiger partial charge in [0.15, 0.2) is 11.4 Å². The monoisotopic (exact) mass is 530 g/mol. The van der Waals surface area contributed by atoms with Gasteiger partial charge < -0.3 is 30.5 Å². The Kier molecular flexibility index (Phi) is 8.39. The molecule has 0 aromatic heterocycles. The second-order valence-corrected chi connectivity index (χ2v) is 9.57. The van der Waals surface area contributed by atoms with Gasteiger partial charge in [0.25, 0.3) is 11.8 Å². The number of likely N-dealkylation sites (N-methyl/N-ethyl adjacent to an activating group) is 2. The zero-order chi connectivity index (χ0) is 28.4. The third-order valence-corrected chi connectivity index (χ3v) is 7.15. The Morgan fingerprint density at radius 2 is 1.87 bits per heavy atom. The SMILES string of the molecule is CNC(=O)C1C(OC)C2(O)c3ccccc3NC(=O)C2(C(=O)NC(CCC(=O)OC)C(=O)C=C(C)C)N1C. The summed E-state index contributed by atoms with van der Waals surface area (Å²) in [4.78, 5) is 67.1. The Morgan fingerprint density at radius 1 is 1.21 bits per heavy atom. The molecule has 0 aliphatic carbocycles. The van der Waals surface area contributed by atoms with Crippen molar-refractivity contribution in [1.82, 2.24) is 15.5 Å². The van der Waals surface area contributed by atoms with Crippen molar-refractivity contribution in [2.24, 2.45) is 0 Å². The molecule has 4 N–H and O–H groups in total. The highest BCUT2D eigenvalue weighted by molar-refractivity contribution is 6.20. The van der Waals surface area contributed by atoms with E-state index in [2.05, 4.69) is 20.7 Å². The van der Waals surface area contributed by atoms with Gasteiger partial charge in [0.2, 0.25) is 11.4 Å². The maximum atomic E-state index is 14.2. The van der Waals surface area contributed by atoms with E-state index in [4.69, 9.17) is 4.74 Å². The maximum Gasteiger partial charge on any atom is 0.305 e. The summed E-state index contributed by atoms with van der Waals surface area (Å²) in [5, 5.41) is 20.2. The van der Waals surface area contributed by atoms with Gasteiger partial charge in [0.1, 0.15) is 12.1 Å². The molecular formula is C26H34N4O8. The number of benzene rings is 1. The molecule has 3 rings (SSSR count). The summed E-state index contributed by atoms with van der Waals surface area (Å²) >= 11 is 0. The lowest BCUT2D eigenvalue weighted by molar-refractivity contribution is -0.168. The van der Waals surface area contributed by atoms with Gasteiger partial charge in [-0.1, -0.05) is 23.8 Å². The molecule has 2 aliphatic rings. The van der Waals surface area contributed by atoms with Crippen molar-refractivity contribution in [2.75, 3.05) is 33.6 Å². The molecule has 0 radical (unpaired) electrons. The molecule has 12 nitrogen and oxygen atoms in total. The summed E-state index contributed by atoms with van der Waals surface area (Å²) in [6.45, 7) is 3.39. The van der Waals surface area contributed by atoms with Crippen molar-refractivity contribution in [2.45, 2.75) is 56.0 Å². The average Bonchev–Trinajstić information content (AvgIpc) is 3.09. The van der Waals surface area contributed by atoms with Crippen LogP contribution in [0.4, 0.5) is 5.69 Å². The fourth-order valence-corrected chi connectivity index (χ4v) is 5.43. The molecular weight excluding hydrogens is 496 g/mol. The van der Waals surface area contributed by atoms with Gasteiger partial charge >= 0.3 is 5.97 Å². The lowest BCUT2D eigenvalue weighted by Crippen LogP contribution is -2.74. The van der Waals surface area contributed by atoms with E-state index in [0.29, 0.717) is 5.57 Å². The minimum atomic E-state index is -2.42. The number of hydrogen-bond acceptors (Lipinski definition) is 9. The molecule has 0 bridgehead atoms. The molecule has 38 heavy (non-hydrogen) atoms. The highest BCUT2D eigenvalue weighted by atomic mass is 16.5. The van der Waals surface area contributed by atoms with E-state index >= 15 is 0 Å². The minimum Gasteiger partial charge on any atom is -0.469 e. The summed E-state index contributed by atoms with van der Waals surface area (Å²) < 4.78 is 10.3. The highest BCUT2D eigenvalue weighted by Gasteiger charge is 2.78. The van der Waals surface area contributed by atoms with E-state index in [1.807, 2.05) is 0 Å². The molecule has 5 atom stereocenters. The predicted molar refractivity (Wildman–Crippen MR) is 136 cm³/mol. The Balaban J connectivity index is 2.20. The molecule has 1 fully saturated rings. The fraction of sp³-hybridized carbons (Fsp3) is 0.500. The van der Waals surface area contributed by atoms with Gasteiger partial charge in [-0.05, 0) is 39.5 Å². The Morgan fingerprint density at radius 3 is 2.45 bits per heavy atom. The molecule has 3 amide bonds. The molecule has 12 heteroatoms. The second-order valence-electron chi connectivity index (χ2n) is 9.57. The van der Waals surface area contributed by atoms with Gasteiger partial charge in [-0.2, -0.15) is 0 Å². The predicted octanol–water partition coefficient (Wildman–Crippen LogP) is -0.387. The minimum absolute atomic E-state index is 0.121. The van der Waals surface area contributed by atoms with E-state index < -0.39 is 58.8 Å². The number of anilines is 1. The number of fused-ring (bicyclic) bond motifs is 3. The third kappa shape index (κ3) is 4.38. The van der Waals surface area contributed by atoms with E-state index in [0.717, 1.165) is 0 Å². The van der Waals surface area contributed by atoms with Crippen LogP contribution in [0.1, 0.15) is 32.3 Å². The smallest absolute Gasteiger partial charge is 0.305 e. The number of amides is 3. The van der Waals surface area contributed by atoms with Gasteiger partial charge in [-0.25, -0.2) is 0 Å². The standard InChI is InChI=1S/C26H34N4O8/c1-14(2)13-18(31)17(11-12-19(32)37-5)29-24(35)25-23(34)28-16-10-8-7-9-15(16)26(25,36)21(38-6)20(30(25)4)22(33)27-3/h7-10,13,17,20-21,36H,11-12H2,1-6H3,(H,27,33)(H,28,34)(H,29,35). The third-order valence-electron chi connectivity index (χ3n) is 7.15. The van der Waals surface area contributed by atoms with Crippen LogP contribution in [0.5, 0.6) is 0 Å². The first-order chi connectivity index (χ1) is 17.9. The van der Waals surface area contributed by atoms with E-state index in [1.54, 1.807) is 32.0 Å². The maximum absolute atomic E-state index is 14.2. The van der Waals surface area contributed by atoms with Crippen molar-refractivity contribution in [3.8, 4) is 0 Å². The first kappa shape index (κ1) is 29.0. The van der Waals surface area contributed by atoms with Crippen LogP contribution >= 0.6 is 0 Å². The number of allylic oxidation sites excluding steroid dienone is 1. The second kappa shape index (κ2) is 11.0. The van der Waals surface area contributed by atoms with E-state index in [-0.39, 0.29) is 24.1 Å². The molecule has 1 aromatic carbocycles. The highest BCUT2D eigenvalue weighted by Crippen LogP contribution is 2.54. The van der Waals surface area contributed by atoms with Crippen LogP contribution in [0.3, 0.4) is 0 Å². The topological polar surface area (TPSA) is 163 Å². The van der Waals surface area contributed by atoms with Crippen LogP contribution in [0.2, 0.25) is 0 Å². The Bertz CT molecular complexity index is 1180. The number of esters is 1.